The van der Waals surface area contributed by atoms with E-state index >= 15 is 0 Å². The van der Waals surface area contributed by atoms with Crippen LogP contribution >= 0.6 is 11.6 Å². The van der Waals surface area contributed by atoms with E-state index in [1.165, 1.54) is 61.1 Å². The third-order valence-electron chi connectivity index (χ3n) is 6.11. The number of hydrogen-bond acceptors (Lipinski definition) is 8. The van der Waals surface area contributed by atoms with Crippen molar-refractivity contribution in [3.05, 3.63) is 64.1 Å². The molecule has 5 rings (SSSR count). The first kappa shape index (κ1) is 24.1. The van der Waals surface area contributed by atoms with Gasteiger partial charge in [0.25, 0.3) is 15.6 Å². The van der Waals surface area contributed by atoms with Gasteiger partial charge in [-0.25, -0.2) is 8.42 Å². The summed E-state index contributed by atoms with van der Waals surface area (Å²) in [5.41, 5.74) is 0.385. The molecule has 1 N–H and O–H groups in total. The van der Waals surface area contributed by atoms with Gasteiger partial charge < -0.3 is 14.0 Å². The molecule has 0 bridgehead atoms. The summed E-state index contributed by atoms with van der Waals surface area (Å²) in [6.45, 7) is 0.517. The zero-order valence-electron chi connectivity index (χ0n) is 19.3. The van der Waals surface area contributed by atoms with Crippen LogP contribution in [-0.4, -0.2) is 36.8 Å². The quantitative estimate of drug-likeness (QED) is 0.355. The molecule has 3 aromatic heterocycles. The maximum absolute atomic E-state index is 12.9. The summed E-state index contributed by atoms with van der Waals surface area (Å²) >= 11 is 6.49. The number of anilines is 1. The number of hydrogen-bond donors (Lipinski definition) is 1. The molecule has 1 saturated carbocycles. The molecule has 4 aromatic rings. The van der Waals surface area contributed by atoms with Crippen molar-refractivity contribution in [3.8, 4) is 17.4 Å². The van der Waals surface area contributed by atoms with Crippen LogP contribution in [0.1, 0.15) is 25.7 Å². The van der Waals surface area contributed by atoms with Crippen molar-refractivity contribution in [1.82, 2.24) is 14.7 Å². The smallest absolute Gasteiger partial charge is 0.263 e. The molecular weight excluding hydrogens is 508 g/mol. The Morgan fingerprint density at radius 2 is 1.94 bits per heavy atom. The van der Waals surface area contributed by atoms with Gasteiger partial charge in [0.05, 0.1) is 24.1 Å². The Kier molecular flexibility index (Phi) is 6.59. The summed E-state index contributed by atoms with van der Waals surface area (Å²) in [6.07, 6.45) is 5.88. The van der Waals surface area contributed by atoms with Crippen molar-refractivity contribution in [2.75, 3.05) is 18.4 Å². The van der Waals surface area contributed by atoms with E-state index in [1.54, 1.807) is 12.1 Å². The number of nitrogens with zero attached hydrogens (tertiary/aromatic N) is 3. The van der Waals surface area contributed by atoms with Crippen molar-refractivity contribution >= 4 is 38.3 Å². The molecule has 0 amide bonds. The Balaban J connectivity index is 1.53. The van der Waals surface area contributed by atoms with Crippen LogP contribution in [0.25, 0.3) is 16.6 Å². The Morgan fingerprint density at radius 1 is 1.14 bits per heavy atom. The lowest BCUT2D eigenvalue weighted by atomic mass is 10.1. The SMILES string of the molecule is COc1nc(OCC2CCCC2)c(Cl)cc1-n1c(=O)ccc2cc(S(=O)(=O)Nc3ccon3)ccc21. The van der Waals surface area contributed by atoms with Crippen molar-refractivity contribution in [2.24, 2.45) is 5.92 Å². The first-order valence-electron chi connectivity index (χ1n) is 11.3. The Bertz CT molecular complexity index is 1560. The van der Waals surface area contributed by atoms with Crippen LogP contribution in [0.2, 0.25) is 5.02 Å². The molecule has 1 aliphatic carbocycles. The minimum Gasteiger partial charge on any atom is -0.479 e. The van der Waals surface area contributed by atoms with Gasteiger partial charge in [0.2, 0.25) is 11.8 Å². The van der Waals surface area contributed by atoms with Crippen LogP contribution in [0.3, 0.4) is 0 Å². The fraction of sp³-hybridized carbons (Fsp3) is 0.292. The summed E-state index contributed by atoms with van der Waals surface area (Å²) in [5.74, 6) is 0.920. The van der Waals surface area contributed by atoms with Crippen LogP contribution < -0.4 is 19.8 Å². The number of halogens is 1. The Labute approximate surface area is 211 Å². The molecule has 1 aromatic carbocycles. The fourth-order valence-electron chi connectivity index (χ4n) is 4.33. The number of aromatic nitrogens is 3. The number of methoxy groups -OCH3 is 1. The van der Waals surface area contributed by atoms with E-state index in [9.17, 15) is 13.2 Å². The predicted octanol–water partition coefficient (Wildman–Crippen LogP) is 4.41. The highest BCUT2D eigenvalue weighted by atomic mass is 35.5. The minimum atomic E-state index is -3.94. The first-order chi connectivity index (χ1) is 17.4. The maximum Gasteiger partial charge on any atom is 0.263 e. The summed E-state index contributed by atoms with van der Waals surface area (Å²) in [4.78, 5) is 17.4. The number of benzene rings is 1. The van der Waals surface area contributed by atoms with Gasteiger partial charge in [-0.1, -0.05) is 29.6 Å². The van der Waals surface area contributed by atoms with E-state index in [0.717, 1.165) is 12.8 Å². The van der Waals surface area contributed by atoms with Crippen LogP contribution in [0, 0.1) is 5.92 Å². The number of ether oxygens (including phenoxy) is 2. The van der Waals surface area contributed by atoms with Gasteiger partial charge in [0.1, 0.15) is 17.0 Å². The van der Waals surface area contributed by atoms with E-state index in [-0.39, 0.29) is 33.1 Å². The molecule has 36 heavy (non-hydrogen) atoms. The van der Waals surface area contributed by atoms with Crippen LogP contribution in [-0.2, 0) is 10.0 Å². The molecular formula is C24H23ClN4O6S. The van der Waals surface area contributed by atoms with Crippen LogP contribution in [0.5, 0.6) is 11.8 Å². The zero-order chi connectivity index (χ0) is 25.3. The molecule has 0 aliphatic heterocycles. The third-order valence-corrected chi connectivity index (χ3v) is 7.73. The second kappa shape index (κ2) is 9.82. The molecule has 0 spiro atoms. The van der Waals surface area contributed by atoms with Crippen LogP contribution in [0.15, 0.2) is 62.9 Å². The van der Waals surface area contributed by atoms with Crippen molar-refractivity contribution < 1.29 is 22.4 Å². The maximum atomic E-state index is 12.9. The molecule has 1 aliphatic rings. The second-order valence-corrected chi connectivity index (χ2v) is 10.6. The van der Waals surface area contributed by atoms with Gasteiger partial charge in [0.15, 0.2) is 5.82 Å². The molecule has 0 saturated heterocycles. The highest BCUT2D eigenvalue weighted by Crippen LogP contribution is 2.34. The highest BCUT2D eigenvalue weighted by molar-refractivity contribution is 7.92. The van der Waals surface area contributed by atoms with Crippen molar-refractivity contribution in [2.45, 2.75) is 30.6 Å². The largest absolute Gasteiger partial charge is 0.479 e. The standard InChI is InChI=1S/C24H23ClN4O6S/c1-33-24-20(13-18(25)23(26-24)34-14-15-4-2-3-5-15)29-19-8-7-17(12-16(19)6-9-22(29)30)36(31,32)28-21-10-11-35-27-21/h6-13,15H,2-5,14H2,1H3,(H,27,28). The van der Waals surface area contributed by atoms with Gasteiger partial charge in [-0.2, -0.15) is 4.98 Å². The second-order valence-electron chi connectivity index (χ2n) is 8.48. The van der Waals surface area contributed by atoms with Gasteiger partial charge in [-0.3, -0.25) is 14.1 Å². The number of rotatable bonds is 8. The number of nitrogens with one attached hydrogen (secondary N) is 1. The van der Waals surface area contributed by atoms with E-state index in [2.05, 4.69) is 19.4 Å². The topological polar surface area (TPSA) is 126 Å². The Morgan fingerprint density at radius 3 is 2.67 bits per heavy atom. The average Bonchev–Trinajstić information content (AvgIpc) is 3.57. The highest BCUT2D eigenvalue weighted by Gasteiger charge is 2.21. The number of fused-ring (bicyclic) bond motifs is 1. The van der Waals surface area contributed by atoms with Gasteiger partial charge in [-0.05, 0) is 49.1 Å². The lowest BCUT2D eigenvalue weighted by Gasteiger charge is -2.17. The molecule has 10 nitrogen and oxygen atoms in total. The molecule has 0 radical (unpaired) electrons. The molecule has 188 valence electrons. The van der Waals surface area contributed by atoms with Gasteiger partial charge in [-0.15, -0.1) is 0 Å². The molecule has 12 heteroatoms. The Hall–Kier alpha value is -3.57. The summed E-state index contributed by atoms with van der Waals surface area (Å²) in [5, 5.41) is 4.31. The van der Waals surface area contributed by atoms with Gasteiger partial charge in [0, 0.05) is 17.5 Å². The monoisotopic (exact) mass is 530 g/mol. The van der Waals surface area contributed by atoms with Gasteiger partial charge >= 0.3 is 0 Å². The minimum absolute atomic E-state index is 0.0121. The normalized spacial score (nSPS) is 14.3. The third kappa shape index (κ3) is 4.76. The van der Waals surface area contributed by atoms with Crippen LogP contribution in [0.4, 0.5) is 5.82 Å². The molecule has 1 fully saturated rings. The summed E-state index contributed by atoms with van der Waals surface area (Å²) < 4.78 is 45.3. The number of pyridine rings is 2. The van der Waals surface area contributed by atoms with E-state index in [1.807, 2.05) is 0 Å². The predicted molar refractivity (Wildman–Crippen MR) is 134 cm³/mol. The van der Waals surface area contributed by atoms with Crippen molar-refractivity contribution in [3.63, 3.8) is 0 Å². The van der Waals surface area contributed by atoms with E-state index in [0.29, 0.717) is 29.1 Å². The van der Waals surface area contributed by atoms with Crippen molar-refractivity contribution in [1.29, 1.82) is 0 Å². The molecule has 0 unspecified atom stereocenters. The number of sulfonamides is 1. The average molecular weight is 531 g/mol. The lowest BCUT2D eigenvalue weighted by Crippen LogP contribution is -2.19. The summed E-state index contributed by atoms with van der Waals surface area (Å²) in [6, 6.07) is 10.2. The van der Waals surface area contributed by atoms with E-state index < -0.39 is 10.0 Å². The fourth-order valence-corrected chi connectivity index (χ4v) is 5.56. The van der Waals surface area contributed by atoms with E-state index in [4.69, 9.17) is 21.1 Å². The summed E-state index contributed by atoms with van der Waals surface area (Å²) in [7, 11) is -2.49. The lowest BCUT2D eigenvalue weighted by molar-refractivity contribution is 0.240. The molecule has 3 heterocycles. The first-order valence-corrected chi connectivity index (χ1v) is 13.2. The zero-order valence-corrected chi connectivity index (χ0v) is 20.9. The molecule has 0 atom stereocenters.